The summed E-state index contributed by atoms with van der Waals surface area (Å²) >= 11 is 0. The molecule has 0 saturated carbocycles. The van der Waals surface area contributed by atoms with Gasteiger partial charge in [0.1, 0.15) is 5.25 Å². The van der Waals surface area contributed by atoms with E-state index in [1.54, 1.807) is 4.90 Å². The Labute approximate surface area is 113 Å². The molecule has 0 aromatic heterocycles. The van der Waals surface area contributed by atoms with Crippen molar-refractivity contribution >= 4 is 25.6 Å². The molecule has 1 fully saturated rings. The van der Waals surface area contributed by atoms with E-state index in [0.29, 0.717) is 6.54 Å². The van der Waals surface area contributed by atoms with E-state index in [1.807, 2.05) is 14.1 Å². The molecule has 1 aliphatic rings. The Balaban J connectivity index is 2.67. The summed E-state index contributed by atoms with van der Waals surface area (Å²) in [6.45, 7) is 5.70. The summed E-state index contributed by atoms with van der Waals surface area (Å²) in [6, 6.07) is 0. The lowest BCUT2D eigenvalue weighted by Gasteiger charge is -2.32. The summed E-state index contributed by atoms with van der Waals surface area (Å²) in [7, 11) is 5.61. The molecule has 1 unspecified atom stereocenters. The third kappa shape index (κ3) is 4.40. The van der Waals surface area contributed by atoms with E-state index < -0.39 is 14.3 Å². The number of nitrogens with zero attached hydrogens (tertiary/aromatic N) is 2. The highest BCUT2D eigenvalue weighted by molar-refractivity contribution is 8.14. The van der Waals surface area contributed by atoms with Gasteiger partial charge in [0.05, 0.1) is 0 Å². The number of carbonyl (C=O) groups excluding carboxylic acids is 1. The first kappa shape index (κ1) is 15.7. The topological polar surface area (TPSA) is 57.7 Å². The third-order valence-corrected chi connectivity index (χ3v) is 4.81. The van der Waals surface area contributed by atoms with Crippen molar-refractivity contribution in [1.82, 2.24) is 9.80 Å². The predicted octanol–water partition coefficient (Wildman–Crippen LogP) is 0.744. The maximum absolute atomic E-state index is 11.8. The Hall–Kier alpha value is -0.330. The average molecular weight is 297 g/mol. The molecule has 5 nitrogen and oxygen atoms in total. The number of hydrogen-bond donors (Lipinski definition) is 0. The Morgan fingerprint density at radius 2 is 2.00 bits per heavy atom. The van der Waals surface area contributed by atoms with E-state index in [9.17, 15) is 13.2 Å². The molecular formula is C11H21ClN2O3S. The summed E-state index contributed by atoms with van der Waals surface area (Å²) in [6.07, 6.45) is 0.00385. The molecule has 0 spiro atoms. The van der Waals surface area contributed by atoms with E-state index in [2.05, 4.69) is 18.7 Å². The lowest BCUT2D eigenvalue weighted by atomic mass is 9.92. The second-order valence-electron chi connectivity index (χ2n) is 5.98. The summed E-state index contributed by atoms with van der Waals surface area (Å²) in [4.78, 5) is 15.4. The van der Waals surface area contributed by atoms with Gasteiger partial charge in [-0.05, 0) is 19.5 Å². The lowest BCUT2D eigenvalue weighted by Crippen LogP contribution is -2.41. The molecule has 0 bridgehead atoms. The molecule has 0 aromatic rings. The number of halogens is 1. The predicted molar refractivity (Wildman–Crippen MR) is 72.1 cm³/mol. The van der Waals surface area contributed by atoms with Crippen molar-refractivity contribution in [2.45, 2.75) is 25.5 Å². The van der Waals surface area contributed by atoms with Gasteiger partial charge >= 0.3 is 0 Å². The Morgan fingerprint density at radius 1 is 1.44 bits per heavy atom. The smallest absolute Gasteiger partial charge is 0.237 e. The van der Waals surface area contributed by atoms with Crippen LogP contribution in [0.15, 0.2) is 0 Å². The molecule has 106 valence electrons. The zero-order chi connectivity index (χ0) is 14.1. The van der Waals surface area contributed by atoms with Crippen LogP contribution >= 0.6 is 10.7 Å². The van der Waals surface area contributed by atoms with Gasteiger partial charge in [-0.25, -0.2) is 8.42 Å². The van der Waals surface area contributed by atoms with E-state index in [4.69, 9.17) is 10.7 Å². The molecule has 1 amide bonds. The van der Waals surface area contributed by atoms with Crippen LogP contribution in [0.1, 0.15) is 20.3 Å². The fourth-order valence-corrected chi connectivity index (χ4v) is 3.56. The molecule has 18 heavy (non-hydrogen) atoms. The van der Waals surface area contributed by atoms with Gasteiger partial charge in [0.25, 0.3) is 0 Å². The zero-order valence-corrected chi connectivity index (χ0v) is 12.9. The number of hydrogen-bond acceptors (Lipinski definition) is 4. The molecule has 1 rings (SSSR count). The highest BCUT2D eigenvalue weighted by Crippen LogP contribution is 2.25. The van der Waals surface area contributed by atoms with Crippen molar-refractivity contribution in [3.05, 3.63) is 0 Å². The van der Waals surface area contributed by atoms with E-state index in [0.717, 1.165) is 6.54 Å². The van der Waals surface area contributed by atoms with Crippen molar-refractivity contribution in [3.63, 3.8) is 0 Å². The zero-order valence-electron chi connectivity index (χ0n) is 11.3. The second-order valence-corrected chi connectivity index (χ2v) is 8.89. The molecule has 7 heteroatoms. The van der Waals surface area contributed by atoms with Crippen LogP contribution in [0.25, 0.3) is 0 Å². The number of carbonyl (C=O) groups is 1. The molecule has 0 N–H and O–H groups in total. The minimum Gasteiger partial charge on any atom is -0.341 e. The normalized spacial score (nSPS) is 22.0. The average Bonchev–Trinajstić information content (AvgIpc) is 2.43. The highest BCUT2D eigenvalue weighted by Gasteiger charge is 2.39. The Bertz CT molecular complexity index is 420. The molecular weight excluding hydrogens is 276 g/mol. The Kier molecular flexibility index (Phi) is 4.67. The van der Waals surface area contributed by atoms with Crippen LogP contribution in [0.2, 0.25) is 0 Å². The van der Waals surface area contributed by atoms with Crippen LogP contribution in [-0.4, -0.2) is 63.1 Å². The van der Waals surface area contributed by atoms with Crippen LogP contribution in [0.5, 0.6) is 0 Å². The SMILES string of the molecule is CN(C)CC(C)(C)CN1CC(S(=O)(=O)Cl)CC1=O. The minimum absolute atomic E-state index is 0.00385. The van der Waals surface area contributed by atoms with Gasteiger partial charge in [0.2, 0.25) is 15.0 Å². The van der Waals surface area contributed by atoms with Gasteiger partial charge in [-0.15, -0.1) is 0 Å². The minimum atomic E-state index is -3.65. The van der Waals surface area contributed by atoms with Gasteiger partial charge in [-0.3, -0.25) is 4.79 Å². The lowest BCUT2D eigenvalue weighted by molar-refractivity contribution is -0.129. The van der Waals surface area contributed by atoms with Gasteiger partial charge in [0, 0.05) is 36.7 Å². The summed E-state index contributed by atoms with van der Waals surface area (Å²) in [5, 5.41) is -0.762. The molecule has 0 aromatic carbocycles. The molecule has 1 aliphatic heterocycles. The number of likely N-dealkylation sites (tertiary alicyclic amines) is 1. The maximum atomic E-state index is 11.8. The number of rotatable bonds is 5. The summed E-state index contributed by atoms with van der Waals surface area (Å²) in [5.74, 6) is -0.129. The maximum Gasteiger partial charge on any atom is 0.237 e. The van der Waals surface area contributed by atoms with Gasteiger partial charge in [-0.1, -0.05) is 13.8 Å². The van der Waals surface area contributed by atoms with Gasteiger partial charge in [0.15, 0.2) is 0 Å². The van der Waals surface area contributed by atoms with Crippen molar-refractivity contribution in [2.24, 2.45) is 5.41 Å². The molecule has 1 atom stereocenters. The van der Waals surface area contributed by atoms with Crippen molar-refractivity contribution < 1.29 is 13.2 Å². The molecule has 0 radical (unpaired) electrons. The van der Waals surface area contributed by atoms with Crippen molar-refractivity contribution in [1.29, 1.82) is 0 Å². The van der Waals surface area contributed by atoms with Crippen LogP contribution in [0.3, 0.4) is 0 Å². The van der Waals surface area contributed by atoms with Crippen molar-refractivity contribution in [2.75, 3.05) is 33.7 Å². The standard InChI is InChI=1S/C11H21ClN2O3S/c1-11(2,7-13(3)4)8-14-6-9(5-10(14)15)18(12,16)17/h9H,5-8H2,1-4H3. The highest BCUT2D eigenvalue weighted by atomic mass is 35.7. The fourth-order valence-electron chi connectivity index (χ4n) is 2.50. The first-order valence-corrected chi connectivity index (χ1v) is 8.24. The number of amides is 1. The largest absolute Gasteiger partial charge is 0.341 e. The van der Waals surface area contributed by atoms with E-state index in [1.165, 1.54) is 0 Å². The molecule has 1 saturated heterocycles. The Morgan fingerprint density at radius 3 is 2.39 bits per heavy atom. The monoisotopic (exact) mass is 296 g/mol. The van der Waals surface area contributed by atoms with Gasteiger partial charge in [-0.2, -0.15) is 0 Å². The van der Waals surface area contributed by atoms with Crippen LogP contribution in [0, 0.1) is 5.41 Å². The van der Waals surface area contributed by atoms with Crippen LogP contribution < -0.4 is 0 Å². The second kappa shape index (κ2) is 5.35. The quantitative estimate of drug-likeness (QED) is 0.702. The fraction of sp³-hybridized carbons (Fsp3) is 0.909. The molecule has 1 heterocycles. The van der Waals surface area contributed by atoms with Crippen molar-refractivity contribution in [3.8, 4) is 0 Å². The van der Waals surface area contributed by atoms with Crippen LogP contribution in [0.4, 0.5) is 0 Å². The van der Waals surface area contributed by atoms with E-state index in [-0.39, 0.29) is 24.3 Å². The summed E-state index contributed by atoms with van der Waals surface area (Å²) in [5.41, 5.74) is -0.0792. The first-order valence-electron chi connectivity index (χ1n) is 5.87. The van der Waals surface area contributed by atoms with Gasteiger partial charge < -0.3 is 9.80 Å². The van der Waals surface area contributed by atoms with E-state index >= 15 is 0 Å². The molecule has 0 aliphatic carbocycles. The van der Waals surface area contributed by atoms with Crippen LogP contribution in [-0.2, 0) is 13.8 Å². The summed E-state index contributed by atoms with van der Waals surface area (Å²) < 4.78 is 22.5. The third-order valence-electron chi connectivity index (χ3n) is 2.94. The first-order chi connectivity index (χ1) is 8.01.